The standard InChI is InChI=1S/C11H9BrN2O5S/c12-7-1-5(11(16)17)2-8(14(18)19)10(7)13-4-6(20)3-9(13)15/h1-2,6,20H,3-4H2,(H,16,17). The van der Waals surface area contributed by atoms with Gasteiger partial charge in [-0.15, -0.1) is 0 Å². The lowest BCUT2D eigenvalue weighted by molar-refractivity contribution is -0.384. The van der Waals surface area contributed by atoms with Crippen LogP contribution in [0.1, 0.15) is 16.8 Å². The highest BCUT2D eigenvalue weighted by atomic mass is 79.9. The van der Waals surface area contributed by atoms with Gasteiger partial charge >= 0.3 is 5.97 Å². The van der Waals surface area contributed by atoms with Crippen LogP contribution in [-0.2, 0) is 4.79 Å². The Hall–Kier alpha value is -1.61. The molecular formula is C11H9BrN2O5S. The van der Waals surface area contributed by atoms with Crippen LogP contribution in [0.25, 0.3) is 0 Å². The summed E-state index contributed by atoms with van der Waals surface area (Å²) in [6.45, 7) is 0.244. The van der Waals surface area contributed by atoms with E-state index in [1.807, 2.05) is 0 Å². The van der Waals surface area contributed by atoms with Gasteiger partial charge in [0.1, 0.15) is 5.69 Å². The maximum atomic E-state index is 11.8. The monoisotopic (exact) mass is 360 g/mol. The van der Waals surface area contributed by atoms with Crippen LogP contribution < -0.4 is 4.90 Å². The Kier molecular flexibility index (Phi) is 4.00. The van der Waals surface area contributed by atoms with Gasteiger partial charge < -0.3 is 10.0 Å². The second-order valence-electron chi connectivity index (χ2n) is 4.25. The number of hydrogen-bond acceptors (Lipinski definition) is 5. The quantitative estimate of drug-likeness (QED) is 0.488. The number of carboxylic acid groups (broad SMARTS) is 1. The molecule has 106 valence electrons. The number of rotatable bonds is 3. The number of nitro groups is 1. The first-order valence-electron chi connectivity index (χ1n) is 5.51. The zero-order valence-corrected chi connectivity index (χ0v) is 12.4. The number of aromatic carboxylic acids is 1. The summed E-state index contributed by atoms with van der Waals surface area (Å²) < 4.78 is 0.194. The summed E-state index contributed by atoms with van der Waals surface area (Å²) in [7, 11) is 0. The Morgan fingerprint density at radius 3 is 2.65 bits per heavy atom. The normalized spacial score (nSPS) is 18.4. The molecule has 0 spiro atoms. The number of carboxylic acids is 1. The Balaban J connectivity index is 2.60. The molecule has 20 heavy (non-hydrogen) atoms. The van der Waals surface area contributed by atoms with Crippen molar-refractivity contribution in [2.45, 2.75) is 11.7 Å². The number of nitrogens with zero attached hydrogens (tertiary/aromatic N) is 2. The van der Waals surface area contributed by atoms with Crippen LogP contribution >= 0.6 is 28.6 Å². The van der Waals surface area contributed by atoms with Crippen LogP contribution in [0.2, 0.25) is 0 Å². The van der Waals surface area contributed by atoms with Crippen molar-refractivity contribution in [1.82, 2.24) is 0 Å². The minimum absolute atomic E-state index is 0.0709. The molecule has 1 aromatic rings. The highest BCUT2D eigenvalue weighted by Gasteiger charge is 2.35. The van der Waals surface area contributed by atoms with Gasteiger partial charge in [0, 0.05) is 28.8 Å². The molecule has 0 aromatic heterocycles. The van der Waals surface area contributed by atoms with E-state index < -0.39 is 16.6 Å². The summed E-state index contributed by atoms with van der Waals surface area (Å²) in [5.41, 5.74) is -0.574. The van der Waals surface area contributed by atoms with E-state index in [2.05, 4.69) is 28.6 Å². The highest BCUT2D eigenvalue weighted by Crippen LogP contribution is 2.39. The van der Waals surface area contributed by atoms with Crippen molar-refractivity contribution in [3.63, 3.8) is 0 Å². The summed E-state index contributed by atoms with van der Waals surface area (Å²) in [6, 6.07) is 2.19. The lowest BCUT2D eigenvalue weighted by Gasteiger charge is -2.18. The van der Waals surface area contributed by atoms with Crippen molar-refractivity contribution in [1.29, 1.82) is 0 Å². The number of nitro benzene ring substituents is 1. The van der Waals surface area contributed by atoms with E-state index in [1.54, 1.807) is 0 Å². The fraction of sp³-hybridized carbons (Fsp3) is 0.273. The van der Waals surface area contributed by atoms with Gasteiger partial charge in [-0.3, -0.25) is 14.9 Å². The van der Waals surface area contributed by atoms with Crippen molar-refractivity contribution < 1.29 is 19.6 Å². The largest absolute Gasteiger partial charge is 0.478 e. The van der Waals surface area contributed by atoms with Crippen LogP contribution in [0.15, 0.2) is 16.6 Å². The molecule has 0 bridgehead atoms. The van der Waals surface area contributed by atoms with Crippen LogP contribution in [0.3, 0.4) is 0 Å². The number of carbonyl (C=O) groups is 2. The second-order valence-corrected chi connectivity index (χ2v) is 5.83. The highest BCUT2D eigenvalue weighted by molar-refractivity contribution is 9.10. The minimum atomic E-state index is -1.28. The van der Waals surface area contributed by atoms with Gasteiger partial charge in [-0.25, -0.2) is 4.79 Å². The predicted octanol–water partition coefficient (Wildman–Crippen LogP) is 2.09. The van der Waals surface area contributed by atoms with E-state index >= 15 is 0 Å². The molecule has 1 heterocycles. The Morgan fingerprint density at radius 2 is 2.20 bits per heavy atom. The summed E-state index contributed by atoms with van der Waals surface area (Å²) >= 11 is 7.30. The maximum absolute atomic E-state index is 11.8. The van der Waals surface area contributed by atoms with Crippen LogP contribution in [0, 0.1) is 10.1 Å². The second kappa shape index (κ2) is 5.41. The molecule has 1 saturated heterocycles. The number of halogens is 1. The van der Waals surface area contributed by atoms with Gasteiger partial charge in [0.05, 0.1) is 10.5 Å². The summed E-state index contributed by atoms with van der Waals surface area (Å²) in [5.74, 6) is -1.56. The van der Waals surface area contributed by atoms with E-state index in [4.69, 9.17) is 5.11 Å². The smallest absolute Gasteiger partial charge is 0.335 e. The molecular weight excluding hydrogens is 352 g/mol. The van der Waals surface area contributed by atoms with Gasteiger partial charge in [0.25, 0.3) is 5.69 Å². The molecule has 2 rings (SSSR count). The average Bonchev–Trinajstić information content (AvgIpc) is 2.66. The van der Waals surface area contributed by atoms with Crippen LogP contribution in [-0.4, -0.2) is 33.7 Å². The van der Waals surface area contributed by atoms with Crippen LogP contribution in [0.5, 0.6) is 0 Å². The molecule has 9 heteroatoms. The average molecular weight is 361 g/mol. The molecule has 0 saturated carbocycles. The molecule has 1 fully saturated rings. The molecule has 1 N–H and O–H groups in total. The van der Waals surface area contributed by atoms with Crippen LogP contribution in [0.4, 0.5) is 11.4 Å². The number of anilines is 1. The number of carbonyl (C=O) groups excluding carboxylic acids is 1. The number of amides is 1. The molecule has 1 aliphatic rings. The number of benzene rings is 1. The van der Waals surface area contributed by atoms with E-state index in [9.17, 15) is 19.7 Å². The molecule has 7 nitrogen and oxygen atoms in total. The lowest BCUT2D eigenvalue weighted by atomic mass is 10.1. The fourth-order valence-corrected chi connectivity index (χ4v) is 3.00. The summed E-state index contributed by atoms with van der Waals surface area (Å²) in [5, 5.41) is 19.9. The Morgan fingerprint density at radius 1 is 1.55 bits per heavy atom. The predicted molar refractivity (Wildman–Crippen MR) is 77.5 cm³/mol. The first kappa shape index (κ1) is 14.8. The zero-order chi connectivity index (χ0) is 15.0. The molecule has 0 aliphatic carbocycles. The van der Waals surface area contributed by atoms with Crippen molar-refractivity contribution in [2.24, 2.45) is 0 Å². The topological polar surface area (TPSA) is 101 Å². The Bertz CT molecular complexity index is 621. The van der Waals surface area contributed by atoms with Crippen molar-refractivity contribution >= 4 is 51.8 Å². The van der Waals surface area contributed by atoms with Crippen molar-refractivity contribution in [2.75, 3.05) is 11.4 Å². The third-order valence-electron chi connectivity index (χ3n) is 2.86. The number of thiol groups is 1. The molecule has 1 amide bonds. The van der Waals surface area contributed by atoms with Gasteiger partial charge in [0.2, 0.25) is 5.91 Å². The third kappa shape index (κ3) is 2.63. The van der Waals surface area contributed by atoms with E-state index in [0.29, 0.717) is 0 Å². The van der Waals surface area contributed by atoms with Crippen molar-refractivity contribution in [3.05, 3.63) is 32.3 Å². The molecule has 0 radical (unpaired) electrons. The summed E-state index contributed by atoms with van der Waals surface area (Å²) in [4.78, 5) is 34.5. The molecule has 1 aromatic carbocycles. The lowest BCUT2D eigenvalue weighted by Crippen LogP contribution is -2.26. The van der Waals surface area contributed by atoms with E-state index in [0.717, 1.165) is 6.07 Å². The minimum Gasteiger partial charge on any atom is -0.478 e. The zero-order valence-electron chi connectivity index (χ0n) is 9.95. The molecule has 1 unspecified atom stereocenters. The third-order valence-corrected chi connectivity index (χ3v) is 3.81. The van der Waals surface area contributed by atoms with Crippen molar-refractivity contribution in [3.8, 4) is 0 Å². The SMILES string of the molecule is O=C(O)c1cc(Br)c(N2CC(S)CC2=O)c([N+](=O)[O-])c1. The first-order chi connectivity index (χ1) is 9.31. The molecule has 1 aliphatic heterocycles. The van der Waals surface area contributed by atoms with Gasteiger partial charge in [0.15, 0.2) is 0 Å². The summed E-state index contributed by atoms with van der Waals surface area (Å²) in [6.07, 6.45) is 0.188. The number of hydrogen-bond donors (Lipinski definition) is 2. The van der Waals surface area contributed by atoms with E-state index in [-0.39, 0.29) is 39.8 Å². The van der Waals surface area contributed by atoms with E-state index in [1.165, 1.54) is 11.0 Å². The van der Waals surface area contributed by atoms with Gasteiger partial charge in [-0.2, -0.15) is 12.6 Å². The van der Waals surface area contributed by atoms with Gasteiger partial charge in [-0.1, -0.05) is 0 Å². The van der Waals surface area contributed by atoms with Gasteiger partial charge in [-0.05, 0) is 22.0 Å². The Labute approximate surface area is 127 Å². The first-order valence-corrected chi connectivity index (χ1v) is 6.82. The maximum Gasteiger partial charge on any atom is 0.335 e. The molecule has 1 atom stereocenters. The fourth-order valence-electron chi connectivity index (χ4n) is 2.02.